The monoisotopic (exact) mass is 467 g/mol. The maximum Gasteiger partial charge on any atom is 0.191 e. The molecule has 0 saturated heterocycles. The lowest BCUT2D eigenvalue weighted by atomic mass is 10.2. The third kappa shape index (κ3) is 8.32. The summed E-state index contributed by atoms with van der Waals surface area (Å²) < 4.78 is 17.2. The second-order valence-electron chi connectivity index (χ2n) is 6.10. The Morgan fingerprint density at radius 3 is 2.50 bits per heavy atom. The molecule has 1 aromatic rings. The molecule has 0 amide bonds. The van der Waals surface area contributed by atoms with Gasteiger partial charge in [0.15, 0.2) is 5.96 Å². The molecule has 0 aliphatic carbocycles. The number of benzene rings is 1. The van der Waals surface area contributed by atoms with Crippen molar-refractivity contribution in [2.75, 3.05) is 26.0 Å². The average Bonchev–Trinajstić information content (AvgIpc) is 2.51. The van der Waals surface area contributed by atoms with E-state index in [-0.39, 0.29) is 28.7 Å². The molecular formula is C17H30IN3O2S. The van der Waals surface area contributed by atoms with E-state index in [9.17, 15) is 4.21 Å². The summed E-state index contributed by atoms with van der Waals surface area (Å²) in [4.78, 5) is 4.57. The molecule has 5 nitrogen and oxygen atoms in total. The van der Waals surface area contributed by atoms with Crippen molar-refractivity contribution in [1.82, 2.24) is 10.6 Å². The topological polar surface area (TPSA) is 62.7 Å². The summed E-state index contributed by atoms with van der Waals surface area (Å²) in [7, 11) is 0.793. The van der Waals surface area contributed by atoms with Gasteiger partial charge >= 0.3 is 0 Å². The van der Waals surface area contributed by atoms with Gasteiger partial charge in [0.1, 0.15) is 5.75 Å². The van der Waals surface area contributed by atoms with E-state index in [0.717, 1.165) is 23.8 Å². The predicted molar refractivity (Wildman–Crippen MR) is 114 cm³/mol. The molecule has 0 spiro atoms. The minimum atomic E-state index is -0.868. The number of ether oxygens (including phenoxy) is 1. The number of methoxy groups -OCH3 is 1. The highest BCUT2D eigenvalue weighted by Gasteiger charge is 2.18. The quantitative estimate of drug-likeness (QED) is 0.368. The van der Waals surface area contributed by atoms with E-state index in [2.05, 4.69) is 15.6 Å². The molecule has 138 valence electrons. The minimum Gasteiger partial charge on any atom is -0.496 e. The van der Waals surface area contributed by atoms with E-state index < -0.39 is 10.8 Å². The first-order valence-corrected chi connectivity index (χ1v) is 9.23. The van der Waals surface area contributed by atoms with Crippen molar-refractivity contribution in [3.05, 3.63) is 29.8 Å². The normalized spacial score (nSPS) is 13.0. The van der Waals surface area contributed by atoms with Crippen LogP contribution in [0.5, 0.6) is 5.75 Å². The number of halogens is 1. The summed E-state index contributed by atoms with van der Waals surface area (Å²) in [5.74, 6) is 2.16. The average molecular weight is 467 g/mol. The third-order valence-electron chi connectivity index (χ3n) is 3.21. The minimum absolute atomic E-state index is 0. The Morgan fingerprint density at radius 1 is 1.25 bits per heavy atom. The van der Waals surface area contributed by atoms with E-state index in [4.69, 9.17) is 4.74 Å². The molecule has 2 N–H and O–H groups in total. The maximum atomic E-state index is 12.1. The first-order chi connectivity index (χ1) is 10.9. The largest absolute Gasteiger partial charge is 0.496 e. The van der Waals surface area contributed by atoms with Crippen molar-refractivity contribution in [3.63, 3.8) is 0 Å². The molecule has 1 atom stereocenters. The third-order valence-corrected chi connectivity index (χ3v) is 5.15. The summed E-state index contributed by atoms with van der Waals surface area (Å²) in [6.07, 6.45) is 0. The van der Waals surface area contributed by atoms with Crippen LogP contribution in [-0.2, 0) is 17.3 Å². The second kappa shape index (κ2) is 11.7. The van der Waals surface area contributed by atoms with Crippen LogP contribution in [-0.4, -0.2) is 40.9 Å². The zero-order chi connectivity index (χ0) is 17.3. The Hall–Kier alpha value is -0.830. The van der Waals surface area contributed by atoms with Gasteiger partial charge in [0, 0.05) is 40.0 Å². The highest BCUT2D eigenvalue weighted by molar-refractivity contribution is 14.0. The molecule has 0 heterocycles. The highest BCUT2D eigenvalue weighted by atomic mass is 127. The van der Waals surface area contributed by atoms with E-state index in [1.807, 2.05) is 52.0 Å². The van der Waals surface area contributed by atoms with E-state index in [0.29, 0.717) is 18.8 Å². The van der Waals surface area contributed by atoms with E-state index in [1.165, 1.54) is 0 Å². The van der Waals surface area contributed by atoms with Gasteiger partial charge in [0.05, 0.1) is 13.7 Å². The van der Waals surface area contributed by atoms with Gasteiger partial charge in [-0.15, -0.1) is 24.0 Å². The lowest BCUT2D eigenvalue weighted by molar-refractivity contribution is 0.410. The Balaban J connectivity index is 0.00000529. The van der Waals surface area contributed by atoms with Crippen LogP contribution in [0.3, 0.4) is 0 Å². The molecule has 0 aliphatic heterocycles. The van der Waals surface area contributed by atoms with Crippen molar-refractivity contribution in [1.29, 1.82) is 0 Å². The van der Waals surface area contributed by atoms with E-state index >= 15 is 0 Å². The molecule has 0 radical (unpaired) electrons. The van der Waals surface area contributed by atoms with Crippen molar-refractivity contribution in [3.8, 4) is 5.75 Å². The van der Waals surface area contributed by atoms with Crippen molar-refractivity contribution < 1.29 is 8.95 Å². The number of hydrogen-bond acceptors (Lipinski definition) is 3. The first kappa shape index (κ1) is 23.2. The number of guanidine groups is 1. The van der Waals surface area contributed by atoms with Crippen LogP contribution < -0.4 is 15.4 Å². The zero-order valence-corrected chi connectivity index (χ0v) is 18.4. The summed E-state index contributed by atoms with van der Waals surface area (Å²) in [5, 5.41) is 6.44. The standard InChI is InChI=1S/C17H29N3O2S.HI/c1-6-18-16(19-11-12-23(21)17(2,3)4)20-13-14-9-7-8-10-15(14)22-5;/h7-10H,6,11-13H2,1-5H3,(H2,18,19,20);1H. The Labute approximate surface area is 165 Å². The molecule has 7 heteroatoms. The van der Waals surface area contributed by atoms with Crippen LogP contribution >= 0.6 is 24.0 Å². The number of para-hydroxylation sites is 1. The molecule has 0 fully saturated rings. The Kier molecular flexibility index (Phi) is 11.3. The molecule has 24 heavy (non-hydrogen) atoms. The Bertz CT molecular complexity index is 545. The second-order valence-corrected chi connectivity index (χ2v) is 8.42. The van der Waals surface area contributed by atoms with Gasteiger partial charge in [-0.05, 0) is 33.8 Å². The molecule has 1 aromatic carbocycles. The molecular weight excluding hydrogens is 437 g/mol. The number of hydrogen-bond donors (Lipinski definition) is 2. The lowest BCUT2D eigenvalue weighted by Gasteiger charge is -2.18. The number of aliphatic imine (C=N–C) groups is 1. The van der Waals surface area contributed by atoms with Gasteiger partial charge in [-0.25, -0.2) is 4.99 Å². The molecule has 0 aromatic heterocycles. The zero-order valence-electron chi connectivity index (χ0n) is 15.2. The highest BCUT2D eigenvalue weighted by Crippen LogP contribution is 2.17. The Morgan fingerprint density at radius 2 is 1.92 bits per heavy atom. The lowest BCUT2D eigenvalue weighted by Crippen LogP contribution is -2.40. The molecule has 0 saturated carbocycles. The fourth-order valence-corrected chi connectivity index (χ4v) is 2.81. The van der Waals surface area contributed by atoms with Crippen LogP contribution in [0, 0.1) is 0 Å². The summed E-state index contributed by atoms with van der Waals surface area (Å²) >= 11 is 0. The van der Waals surface area contributed by atoms with Crippen LogP contribution in [0.2, 0.25) is 0 Å². The summed E-state index contributed by atoms with van der Waals surface area (Å²) in [6, 6.07) is 7.84. The number of nitrogens with zero attached hydrogens (tertiary/aromatic N) is 1. The maximum absolute atomic E-state index is 12.1. The van der Waals surface area contributed by atoms with Gasteiger partial charge in [0.2, 0.25) is 0 Å². The van der Waals surface area contributed by atoms with Crippen LogP contribution in [0.25, 0.3) is 0 Å². The van der Waals surface area contributed by atoms with Gasteiger partial charge in [-0.2, -0.15) is 0 Å². The van der Waals surface area contributed by atoms with Crippen LogP contribution in [0.4, 0.5) is 0 Å². The van der Waals surface area contributed by atoms with Crippen molar-refractivity contribution in [2.45, 2.75) is 39.0 Å². The molecule has 1 unspecified atom stereocenters. The summed E-state index contributed by atoms with van der Waals surface area (Å²) in [6.45, 7) is 9.93. The van der Waals surface area contributed by atoms with Gasteiger partial charge in [0.25, 0.3) is 0 Å². The van der Waals surface area contributed by atoms with Crippen LogP contribution in [0.15, 0.2) is 29.3 Å². The smallest absolute Gasteiger partial charge is 0.191 e. The van der Waals surface area contributed by atoms with Crippen molar-refractivity contribution in [2.24, 2.45) is 4.99 Å². The molecule has 0 bridgehead atoms. The predicted octanol–water partition coefficient (Wildman–Crippen LogP) is 2.92. The fourth-order valence-electron chi connectivity index (χ4n) is 1.91. The number of rotatable bonds is 7. The van der Waals surface area contributed by atoms with Crippen molar-refractivity contribution >= 4 is 40.7 Å². The first-order valence-electron chi connectivity index (χ1n) is 7.91. The van der Waals surface area contributed by atoms with Gasteiger partial charge in [-0.3, -0.25) is 4.21 Å². The van der Waals surface area contributed by atoms with E-state index in [1.54, 1.807) is 7.11 Å². The molecule has 0 aliphatic rings. The fraction of sp³-hybridized carbons (Fsp3) is 0.588. The number of nitrogens with one attached hydrogen (secondary N) is 2. The summed E-state index contributed by atoms with van der Waals surface area (Å²) in [5.41, 5.74) is 1.03. The SMILES string of the molecule is CCNC(=NCc1ccccc1OC)NCCS(=O)C(C)(C)C.I. The van der Waals surface area contributed by atoms with Gasteiger partial charge < -0.3 is 15.4 Å². The van der Waals surface area contributed by atoms with Gasteiger partial charge in [-0.1, -0.05) is 18.2 Å². The molecule has 1 rings (SSSR count). The van der Waals surface area contributed by atoms with Crippen LogP contribution in [0.1, 0.15) is 33.3 Å².